The molecule has 1 aromatic rings. The quantitative estimate of drug-likeness (QED) is 0.769. The van der Waals surface area contributed by atoms with Gasteiger partial charge in [-0.05, 0) is 69.8 Å². The summed E-state index contributed by atoms with van der Waals surface area (Å²) < 4.78 is 39.4. The number of nitrogens with zero attached hydrogens (tertiary/aromatic N) is 2. The second-order valence-electron chi connectivity index (χ2n) is 8.25. The van der Waals surface area contributed by atoms with Gasteiger partial charge in [-0.3, -0.25) is 9.69 Å². The first kappa shape index (κ1) is 22.1. The molecule has 1 amide bonds. The number of hydrogen-bond donors (Lipinski definition) is 1. The summed E-state index contributed by atoms with van der Waals surface area (Å²) in [6.07, 6.45) is -1.72. The van der Waals surface area contributed by atoms with Gasteiger partial charge in [-0.25, -0.2) is 0 Å². The van der Waals surface area contributed by atoms with Gasteiger partial charge in [0.15, 0.2) is 0 Å². The summed E-state index contributed by atoms with van der Waals surface area (Å²) in [5.41, 5.74) is 2.06. The van der Waals surface area contributed by atoms with E-state index in [0.29, 0.717) is 13.1 Å². The molecule has 4 nitrogen and oxygen atoms in total. The fraction of sp³-hybridized carbons (Fsp3) is 0.682. The molecule has 3 rings (SSSR count). The van der Waals surface area contributed by atoms with Gasteiger partial charge in [-0.1, -0.05) is 25.1 Å². The molecule has 0 spiro atoms. The van der Waals surface area contributed by atoms with Crippen LogP contribution in [-0.4, -0.2) is 55.2 Å². The van der Waals surface area contributed by atoms with Crippen molar-refractivity contribution in [3.8, 4) is 0 Å². The summed E-state index contributed by atoms with van der Waals surface area (Å²) in [5, 5.41) is 3.30. The fourth-order valence-electron chi connectivity index (χ4n) is 4.93. The van der Waals surface area contributed by atoms with Crippen molar-refractivity contribution < 1.29 is 18.0 Å². The predicted octanol–water partition coefficient (Wildman–Crippen LogP) is 4.00. The molecule has 0 aliphatic carbocycles. The van der Waals surface area contributed by atoms with Crippen LogP contribution in [0.1, 0.15) is 45.1 Å². The van der Waals surface area contributed by atoms with E-state index in [2.05, 4.69) is 5.32 Å². The molecule has 2 atom stereocenters. The largest absolute Gasteiger partial charge is 0.390 e. The third kappa shape index (κ3) is 5.31. The maximum Gasteiger partial charge on any atom is 0.390 e. The van der Waals surface area contributed by atoms with Crippen molar-refractivity contribution in [2.24, 2.45) is 5.92 Å². The van der Waals surface area contributed by atoms with E-state index in [1.54, 1.807) is 11.8 Å². The Morgan fingerprint density at radius 1 is 1.28 bits per heavy atom. The van der Waals surface area contributed by atoms with Crippen LogP contribution in [0.25, 0.3) is 0 Å². The highest BCUT2D eigenvalue weighted by molar-refractivity contribution is 5.98. The van der Waals surface area contributed by atoms with Crippen LogP contribution in [0.3, 0.4) is 0 Å². The zero-order chi connectivity index (χ0) is 21.0. The highest BCUT2D eigenvalue weighted by Crippen LogP contribution is 2.33. The molecular formula is C22H32F3N3O. The van der Waals surface area contributed by atoms with Crippen LogP contribution in [0.5, 0.6) is 0 Å². The first-order chi connectivity index (χ1) is 13.8. The first-order valence-electron chi connectivity index (χ1n) is 10.7. The maximum absolute atomic E-state index is 13.8. The zero-order valence-electron chi connectivity index (χ0n) is 17.3. The Morgan fingerprint density at radius 3 is 2.62 bits per heavy atom. The lowest BCUT2D eigenvalue weighted by Gasteiger charge is -2.43. The van der Waals surface area contributed by atoms with Crippen LogP contribution in [-0.2, 0) is 11.2 Å². The van der Waals surface area contributed by atoms with E-state index < -0.39 is 24.7 Å². The SMILES string of the molecule is CCN(C(C)CC(F)(F)F)C(C(=O)N1CCCc2ccccc21)C1CCNCC1. The topological polar surface area (TPSA) is 35.6 Å². The lowest BCUT2D eigenvalue weighted by atomic mass is 9.86. The number of fused-ring (bicyclic) bond motifs is 1. The summed E-state index contributed by atoms with van der Waals surface area (Å²) in [6.45, 7) is 6.11. The standard InChI is InChI=1S/C22H32F3N3O/c1-3-27(16(2)15-22(23,24)25)20(18-10-12-26-13-11-18)21(29)28-14-6-8-17-7-4-5-9-19(17)28/h4-5,7,9,16,18,20,26H,3,6,8,10-15H2,1-2H3. The van der Waals surface area contributed by atoms with Crippen LogP contribution in [0.2, 0.25) is 0 Å². The van der Waals surface area contributed by atoms with Crippen molar-refractivity contribution in [1.82, 2.24) is 10.2 Å². The number of piperidine rings is 1. The lowest BCUT2D eigenvalue weighted by molar-refractivity contribution is -0.152. The summed E-state index contributed by atoms with van der Waals surface area (Å²) in [6, 6.07) is 6.64. The molecule has 2 aliphatic heterocycles. The Kier molecular flexibility index (Phi) is 7.22. The highest BCUT2D eigenvalue weighted by Gasteiger charge is 2.42. The molecule has 29 heavy (non-hydrogen) atoms. The average Bonchev–Trinajstić information content (AvgIpc) is 2.70. The van der Waals surface area contributed by atoms with Crippen LogP contribution in [0.15, 0.2) is 24.3 Å². The van der Waals surface area contributed by atoms with Gasteiger partial charge in [0.05, 0.1) is 12.5 Å². The van der Waals surface area contributed by atoms with E-state index in [1.165, 1.54) is 0 Å². The Hall–Kier alpha value is -1.60. The Bertz CT molecular complexity index is 688. The predicted molar refractivity (Wildman–Crippen MR) is 109 cm³/mol. The number of carbonyl (C=O) groups excluding carboxylic acids is 1. The van der Waals surface area contributed by atoms with Crippen LogP contribution < -0.4 is 10.2 Å². The molecule has 2 heterocycles. The van der Waals surface area contributed by atoms with E-state index in [-0.39, 0.29) is 11.8 Å². The normalized spacial score (nSPS) is 20.4. The van der Waals surface area contributed by atoms with E-state index in [1.807, 2.05) is 36.1 Å². The minimum atomic E-state index is -4.24. The summed E-state index contributed by atoms with van der Waals surface area (Å²) in [7, 11) is 0. The smallest absolute Gasteiger partial charge is 0.317 e. The van der Waals surface area contributed by atoms with Crippen molar-refractivity contribution in [2.45, 2.75) is 64.2 Å². The van der Waals surface area contributed by atoms with Crippen molar-refractivity contribution in [1.29, 1.82) is 0 Å². The van der Waals surface area contributed by atoms with Gasteiger partial charge in [0.2, 0.25) is 5.91 Å². The number of amides is 1. The number of nitrogens with one attached hydrogen (secondary N) is 1. The molecule has 1 N–H and O–H groups in total. The van der Waals surface area contributed by atoms with E-state index >= 15 is 0 Å². The Labute approximate surface area is 171 Å². The number of rotatable bonds is 6. The van der Waals surface area contributed by atoms with Gasteiger partial charge in [-0.2, -0.15) is 13.2 Å². The number of para-hydroxylation sites is 1. The molecular weight excluding hydrogens is 379 g/mol. The van der Waals surface area contributed by atoms with Crippen molar-refractivity contribution in [2.75, 3.05) is 31.1 Å². The fourth-order valence-corrected chi connectivity index (χ4v) is 4.93. The van der Waals surface area contributed by atoms with Gasteiger partial charge in [-0.15, -0.1) is 0 Å². The summed E-state index contributed by atoms with van der Waals surface area (Å²) in [4.78, 5) is 17.4. The third-order valence-electron chi connectivity index (χ3n) is 6.28. The van der Waals surface area contributed by atoms with Gasteiger partial charge < -0.3 is 10.2 Å². The van der Waals surface area contributed by atoms with Gasteiger partial charge in [0.1, 0.15) is 0 Å². The molecule has 0 saturated carbocycles. The second kappa shape index (κ2) is 9.47. The maximum atomic E-state index is 13.8. The lowest BCUT2D eigenvalue weighted by Crippen LogP contribution is -2.57. The number of halogens is 3. The molecule has 1 saturated heterocycles. The van der Waals surface area contributed by atoms with Crippen LogP contribution >= 0.6 is 0 Å². The molecule has 162 valence electrons. The molecule has 7 heteroatoms. The number of aryl methyl sites for hydroxylation is 1. The molecule has 0 radical (unpaired) electrons. The second-order valence-corrected chi connectivity index (χ2v) is 8.25. The van der Waals surface area contributed by atoms with Gasteiger partial charge in [0.25, 0.3) is 0 Å². The Balaban J connectivity index is 1.91. The molecule has 2 unspecified atom stereocenters. The van der Waals surface area contributed by atoms with E-state index in [0.717, 1.165) is 50.0 Å². The van der Waals surface area contributed by atoms with Crippen LogP contribution in [0.4, 0.5) is 18.9 Å². The van der Waals surface area contributed by atoms with Gasteiger partial charge >= 0.3 is 6.18 Å². The monoisotopic (exact) mass is 411 g/mol. The van der Waals surface area contributed by atoms with Gasteiger partial charge in [0, 0.05) is 18.3 Å². The highest BCUT2D eigenvalue weighted by atomic mass is 19.4. The zero-order valence-corrected chi connectivity index (χ0v) is 17.3. The number of anilines is 1. The number of alkyl halides is 3. The average molecular weight is 412 g/mol. The molecule has 2 aliphatic rings. The molecule has 1 fully saturated rings. The minimum Gasteiger partial charge on any atom is -0.317 e. The Morgan fingerprint density at radius 2 is 1.97 bits per heavy atom. The molecule has 0 aromatic heterocycles. The molecule has 0 bridgehead atoms. The number of carbonyl (C=O) groups is 1. The number of likely N-dealkylation sites (N-methyl/N-ethyl adjacent to an activating group) is 1. The summed E-state index contributed by atoms with van der Waals surface area (Å²) in [5.74, 6) is 0.0217. The van der Waals surface area contributed by atoms with Crippen molar-refractivity contribution in [3.05, 3.63) is 29.8 Å². The summed E-state index contributed by atoms with van der Waals surface area (Å²) >= 11 is 0. The van der Waals surface area contributed by atoms with E-state index in [9.17, 15) is 18.0 Å². The minimum absolute atomic E-state index is 0.0417. The number of benzene rings is 1. The first-order valence-corrected chi connectivity index (χ1v) is 10.7. The van der Waals surface area contributed by atoms with Crippen molar-refractivity contribution in [3.63, 3.8) is 0 Å². The van der Waals surface area contributed by atoms with Crippen LogP contribution in [0, 0.1) is 5.92 Å². The molecule has 1 aromatic carbocycles. The van der Waals surface area contributed by atoms with Crippen molar-refractivity contribution >= 4 is 11.6 Å². The number of hydrogen-bond acceptors (Lipinski definition) is 3. The third-order valence-corrected chi connectivity index (χ3v) is 6.28. The van der Waals surface area contributed by atoms with E-state index in [4.69, 9.17) is 0 Å².